The minimum Gasteiger partial charge on any atom is -0.339 e. The highest BCUT2D eigenvalue weighted by Gasteiger charge is 2.58. The molecule has 4 rings (SSSR count). The van der Waals surface area contributed by atoms with Gasteiger partial charge in [0.25, 0.3) is 0 Å². The van der Waals surface area contributed by atoms with Crippen molar-refractivity contribution in [2.45, 2.75) is 25.2 Å². The molecule has 1 aliphatic heterocycles. The zero-order valence-electron chi connectivity index (χ0n) is 11.1. The fraction of sp³-hybridized carbons (Fsp3) is 0.467. The van der Waals surface area contributed by atoms with Crippen LogP contribution in [0, 0.1) is 5.41 Å². The second kappa shape index (κ2) is 4.57. The van der Waals surface area contributed by atoms with Crippen molar-refractivity contribution in [3.63, 3.8) is 0 Å². The largest absolute Gasteiger partial charge is 0.339 e. The summed E-state index contributed by atoms with van der Waals surface area (Å²) in [4.78, 5) is 4.57. The lowest BCUT2D eigenvalue weighted by molar-refractivity contribution is 0.360. The fourth-order valence-electron chi connectivity index (χ4n) is 3.20. The molecule has 1 N–H and O–H groups in total. The van der Waals surface area contributed by atoms with Crippen LogP contribution in [0.25, 0.3) is 0 Å². The van der Waals surface area contributed by atoms with Gasteiger partial charge in [0.15, 0.2) is 5.82 Å². The van der Waals surface area contributed by atoms with Gasteiger partial charge in [0.2, 0.25) is 5.89 Å². The average Bonchev–Trinajstić information content (AvgIpc) is 2.80. The van der Waals surface area contributed by atoms with Crippen molar-refractivity contribution >= 4 is 11.6 Å². The van der Waals surface area contributed by atoms with Gasteiger partial charge in [-0.15, -0.1) is 0 Å². The maximum atomic E-state index is 5.88. The zero-order chi connectivity index (χ0) is 13.6. The van der Waals surface area contributed by atoms with Crippen LogP contribution in [-0.2, 0) is 6.42 Å². The molecule has 1 aromatic carbocycles. The molecule has 0 bridgehead atoms. The molecule has 1 saturated carbocycles. The predicted molar refractivity (Wildman–Crippen MR) is 75.8 cm³/mol. The highest BCUT2D eigenvalue weighted by Crippen LogP contribution is 2.62. The van der Waals surface area contributed by atoms with Crippen molar-refractivity contribution in [3.8, 4) is 0 Å². The summed E-state index contributed by atoms with van der Waals surface area (Å²) >= 11 is 5.88. The van der Waals surface area contributed by atoms with Crippen molar-refractivity contribution in [2.75, 3.05) is 13.1 Å². The first-order valence-corrected chi connectivity index (χ1v) is 7.41. The van der Waals surface area contributed by atoms with Gasteiger partial charge < -0.3 is 9.84 Å². The number of nitrogens with one attached hydrogen (secondary N) is 1. The maximum Gasteiger partial charge on any atom is 0.230 e. The van der Waals surface area contributed by atoms with Gasteiger partial charge in [-0.25, -0.2) is 0 Å². The molecule has 2 fully saturated rings. The summed E-state index contributed by atoms with van der Waals surface area (Å²) in [5.41, 5.74) is 1.55. The summed E-state index contributed by atoms with van der Waals surface area (Å²) in [6.45, 7) is 2.20. The minimum absolute atomic E-state index is 0.407. The molecule has 0 amide bonds. The SMILES string of the molecule is Clc1ccc(Cc2noc(C3CC34CCNC4)n2)cc1. The molecule has 2 atom stereocenters. The third-order valence-corrected chi connectivity index (χ3v) is 4.78. The number of benzene rings is 1. The van der Waals surface area contributed by atoms with Crippen LogP contribution in [0.4, 0.5) is 0 Å². The van der Waals surface area contributed by atoms with Crippen LogP contribution in [0.2, 0.25) is 5.02 Å². The Labute approximate surface area is 122 Å². The third-order valence-electron chi connectivity index (χ3n) is 4.52. The summed E-state index contributed by atoms with van der Waals surface area (Å²) in [5.74, 6) is 2.04. The van der Waals surface area contributed by atoms with E-state index in [0.717, 1.165) is 35.4 Å². The van der Waals surface area contributed by atoms with Crippen LogP contribution in [-0.4, -0.2) is 23.2 Å². The Bertz CT molecular complexity index is 616. The molecule has 2 aliphatic rings. The van der Waals surface area contributed by atoms with Gasteiger partial charge in [-0.2, -0.15) is 4.98 Å². The molecule has 0 radical (unpaired) electrons. The standard InChI is InChI=1S/C15H16ClN3O/c16-11-3-1-10(2-4-11)7-13-18-14(20-19-13)12-8-15(12)5-6-17-9-15/h1-4,12,17H,5-9H2. The van der Waals surface area contributed by atoms with E-state index in [9.17, 15) is 0 Å². The van der Waals surface area contributed by atoms with E-state index < -0.39 is 0 Å². The van der Waals surface area contributed by atoms with Crippen molar-refractivity contribution < 1.29 is 4.52 Å². The van der Waals surface area contributed by atoms with E-state index in [0.29, 0.717) is 17.8 Å². The van der Waals surface area contributed by atoms with E-state index in [4.69, 9.17) is 16.1 Å². The Hall–Kier alpha value is -1.39. The molecule has 2 heterocycles. The summed E-state index contributed by atoms with van der Waals surface area (Å²) in [5, 5.41) is 8.28. The monoisotopic (exact) mass is 289 g/mol. The van der Waals surface area contributed by atoms with Crippen molar-refractivity contribution in [1.82, 2.24) is 15.5 Å². The smallest absolute Gasteiger partial charge is 0.230 e. The first-order valence-electron chi connectivity index (χ1n) is 7.03. The zero-order valence-corrected chi connectivity index (χ0v) is 11.9. The Kier molecular flexibility index (Phi) is 2.82. The molecule has 1 spiro atoms. The molecule has 1 saturated heterocycles. The van der Waals surface area contributed by atoms with E-state index >= 15 is 0 Å². The van der Waals surface area contributed by atoms with Gasteiger partial charge in [0.1, 0.15) is 0 Å². The summed E-state index contributed by atoms with van der Waals surface area (Å²) in [6, 6.07) is 7.77. The number of halogens is 1. The number of nitrogens with zero attached hydrogens (tertiary/aromatic N) is 2. The van der Waals surface area contributed by atoms with Crippen LogP contribution in [0.1, 0.15) is 36.0 Å². The van der Waals surface area contributed by atoms with Crippen LogP contribution in [0.5, 0.6) is 0 Å². The van der Waals surface area contributed by atoms with Crippen molar-refractivity contribution in [1.29, 1.82) is 0 Å². The number of hydrogen-bond donors (Lipinski definition) is 1. The molecular weight excluding hydrogens is 274 g/mol. The second-order valence-corrected chi connectivity index (χ2v) is 6.33. The fourth-order valence-corrected chi connectivity index (χ4v) is 3.32. The molecule has 4 nitrogen and oxygen atoms in total. The first kappa shape index (κ1) is 12.4. The Morgan fingerprint density at radius 3 is 2.95 bits per heavy atom. The molecule has 20 heavy (non-hydrogen) atoms. The Morgan fingerprint density at radius 2 is 2.20 bits per heavy atom. The molecular formula is C15H16ClN3O. The quantitative estimate of drug-likeness (QED) is 0.944. The maximum absolute atomic E-state index is 5.88. The number of aromatic nitrogens is 2. The van der Waals surface area contributed by atoms with Gasteiger partial charge in [-0.1, -0.05) is 28.9 Å². The van der Waals surface area contributed by atoms with E-state index in [1.807, 2.05) is 24.3 Å². The van der Waals surface area contributed by atoms with Gasteiger partial charge in [0.05, 0.1) is 0 Å². The van der Waals surface area contributed by atoms with Crippen LogP contribution in [0.3, 0.4) is 0 Å². The van der Waals surface area contributed by atoms with E-state index in [1.54, 1.807) is 0 Å². The lowest BCUT2D eigenvalue weighted by Gasteiger charge is -2.02. The second-order valence-electron chi connectivity index (χ2n) is 5.90. The van der Waals surface area contributed by atoms with Gasteiger partial charge in [-0.05, 0) is 42.5 Å². The highest BCUT2D eigenvalue weighted by molar-refractivity contribution is 6.30. The molecule has 5 heteroatoms. The number of hydrogen-bond acceptors (Lipinski definition) is 4. The third kappa shape index (κ3) is 2.13. The van der Waals surface area contributed by atoms with Crippen molar-refractivity contribution in [3.05, 3.63) is 46.6 Å². The molecule has 104 valence electrons. The predicted octanol–water partition coefficient (Wildman–Crippen LogP) is 2.78. The summed E-state index contributed by atoms with van der Waals surface area (Å²) < 4.78 is 5.46. The lowest BCUT2D eigenvalue weighted by Crippen LogP contribution is -2.10. The molecule has 2 aromatic rings. The van der Waals surface area contributed by atoms with Gasteiger partial charge in [-0.3, -0.25) is 0 Å². The summed E-state index contributed by atoms with van der Waals surface area (Å²) in [6.07, 6.45) is 3.10. The minimum atomic E-state index is 0.407. The molecule has 1 aliphatic carbocycles. The Balaban J connectivity index is 1.47. The first-order chi connectivity index (χ1) is 9.75. The average molecular weight is 290 g/mol. The number of rotatable bonds is 3. The van der Waals surface area contributed by atoms with Crippen LogP contribution < -0.4 is 5.32 Å². The van der Waals surface area contributed by atoms with Gasteiger partial charge >= 0.3 is 0 Å². The normalized spacial score (nSPS) is 28.1. The van der Waals surface area contributed by atoms with E-state index in [-0.39, 0.29) is 0 Å². The highest BCUT2D eigenvalue weighted by atomic mass is 35.5. The van der Waals surface area contributed by atoms with Crippen molar-refractivity contribution in [2.24, 2.45) is 5.41 Å². The van der Waals surface area contributed by atoms with Crippen LogP contribution >= 0.6 is 11.6 Å². The molecule has 2 unspecified atom stereocenters. The van der Waals surface area contributed by atoms with Crippen LogP contribution in [0.15, 0.2) is 28.8 Å². The van der Waals surface area contributed by atoms with E-state index in [1.165, 1.54) is 12.8 Å². The lowest BCUT2D eigenvalue weighted by atomic mass is 10.0. The Morgan fingerprint density at radius 1 is 1.35 bits per heavy atom. The van der Waals surface area contributed by atoms with E-state index in [2.05, 4.69) is 15.5 Å². The molecule has 1 aromatic heterocycles. The van der Waals surface area contributed by atoms with Gasteiger partial charge in [0, 0.05) is 23.9 Å². The summed E-state index contributed by atoms with van der Waals surface area (Å²) in [7, 11) is 0. The topological polar surface area (TPSA) is 51.0 Å².